The topological polar surface area (TPSA) is 59.9 Å². The second-order valence-corrected chi connectivity index (χ2v) is 5.93. The lowest BCUT2D eigenvalue weighted by molar-refractivity contribution is 0.466. The number of aromatic nitrogens is 3. The van der Waals surface area contributed by atoms with Crippen molar-refractivity contribution in [1.82, 2.24) is 15.0 Å². The summed E-state index contributed by atoms with van der Waals surface area (Å²) in [5.41, 5.74) is 0.954. The maximum Gasteiger partial charge on any atom is 0.232 e. The SMILES string of the molecule is CCNc1nc(Oc2ccc(C)nc2)c2cc(C)sc2n1. The van der Waals surface area contributed by atoms with Crippen molar-refractivity contribution in [2.24, 2.45) is 0 Å². The fourth-order valence-electron chi connectivity index (χ4n) is 1.96. The Morgan fingerprint density at radius 3 is 2.81 bits per heavy atom. The number of anilines is 1. The van der Waals surface area contributed by atoms with Crippen LogP contribution >= 0.6 is 11.3 Å². The molecule has 3 rings (SSSR count). The first kappa shape index (κ1) is 13.8. The van der Waals surface area contributed by atoms with E-state index in [1.165, 1.54) is 4.88 Å². The second-order valence-electron chi connectivity index (χ2n) is 4.70. The van der Waals surface area contributed by atoms with Crippen LogP contribution in [0.25, 0.3) is 10.2 Å². The van der Waals surface area contributed by atoms with Crippen LogP contribution < -0.4 is 10.1 Å². The molecule has 0 amide bonds. The minimum absolute atomic E-state index is 0.561. The molecule has 5 nitrogen and oxygen atoms in total. The predicted molar refractivity (Wildman–Crippen MR) is 85.4 cm³/mol. The number of nitrogens with one attached hydrogen (secondary N) is 1. The van der Waals surface area contributed by atoms with Crippen LogP contribution in [0.15, 0.2) is 24.4 Å². The quantitative estimate of drug-likeness (QED) is 0.791. The van der Waals surface area contributed by atoms with Crippen molar-refractivity contribution in [2.45, 2.75) is 20.8 Å². The van der Waals surface area contributed by atoms with E-state index in [2.05, 4.69) is 27.2 Å². The average Bonchev–Trinajstić information content (AvgIpc) is 2.82. The van der Waals surface area contributed by atoms with E-state index in [0.29, 0.717) is 17.6 Å². The summed E-state index contributed by atoms with van der Waals surface area (Å²) >= 11 is 1.63. The Labute approximate surface area is 127 Å². The van der Waals surface area contributed by atoms with Crippen LogP contribution in [0, 0.1) is 13.8 Å². The molecule has 1 N–H and O–H groups in total. The molecule has 6 heteroatoms. The number of fused-ring (bicyclic) bond motifs is 1. The van der Waals surface area contributed by atoms with Crippen molar-refractivity contribution in [1.29, 1.82) is 0 Å². The zero-order valence-corrected chi connectivity index (χ0v) is 13.0. The summed E-state index contributed by atoms with van der Waals surface area (Å²) < 4.78 is 5.90. The lowest BCUT2D eigenvalue weighted by Crippen LogP contribution is -2.03. The number of thiophene rings is 1. The predicted octanol–water partition coefficient (Wildman–Crippen LogP) is 3.93. The van der Waals surface area contributed by atoms with E-state index >= 15 is 0 Å². The van der Waals surface area contributed by atoms with Crippen LogP contribution in [-0.2, 0) is 0 Å². The van der Waals surface area contributed by atoms with E-state index < -0.39 is 0 Å². The first-order valence-corrected chi connectivity index (χ1v) is 7.60. The summed E-state index contributed by atoms with van der Waals surface area (Å²) in [6.45, 7) is 6.77. The fourth-order valence-corrected chi connectivity index (χ4v) is 2.83. The van der Waals surface area contributed by atoms with Crippen molar-refractivity contribution in [3.63, 3.8) is 0 Å². The van der Waals surface area contributed by atoms with Gasteiger partial charge in [0.2, 0.25) is 11.8 Å². The number of rotatable bonds is 4. The molecule has 3 heterocycles. The smallest absolute Gasteiger partial charge is 0.232 e. The number of hydrogen-bond donors (Lipinski definition) is 1. The molecule has 0 saturated heterocycles. The fraction of sp³-hybridized carbons (Fsp3) is 0.267. The summed E-state index contributed by atoms with van der Waals surface area (Å²) in [7, 11) is 0. The third-order valence-corrected chi connectivity index (χ3v) is 3.86. The molecule has 0 unspecified atom stereocenters. The maximum absolute atomic E-state index is 5.90. The standard InChI is InChI=1S/C15H16N4OS/c1-4-16-15-18-13(12-7-10(3)21-14(12)19-15)20-11-6-5-9(2)17-8-11/h5-8H,4H2,1-3H3,(H,16,18,19). The number of aryl methyl sites for hydroxylation is 2. The maximum atomic E-state index is 5.90. The number of ether oxygens (including phenoxy) is 1. The molecule has 0 saturated carbocycles. The van der Waals surface area contributed by atoms with Crippen molar-refractivity contribution in [2.75, 3.05) is 11.9 Å². The van der Waals surface area contributed by atoms with Gasteiger partial charge in [0, 0.05) is 17.1 Å². The molecule has 0 aliphatic carbocycles. The van der Waals surface area contributed by atoms with Crippen LogP contribution in [0.4, 0.5) is 5.95 Å². The number of pyridine rings is 1. The minimum Gasteiger partial charge on any atom is -0.437 e. The molecule has 0 aromatic carbocycles. The lowest BCUT2D eigenvalue weighted by Gasteiger charge is -2.08. The van der Waals surface area contributed by atoms with Gasteiger partial charge in [-0.05, 0) is 39.0 Å². The van der Waals surface area contributed by atoms with Crippen molar-refractivity contribution < 1.29 is 4.74 Å². The van der Waals surface area contributed by atoms with Crippen LogP contribution in [0.3, 0.4) is 0 Å². The van der Waals surface area contributed by atoms with Crippen LogP contribution in [-0.4, -0.2) is 21.5 Å². The van der Waals surface area contributed by atoms with Gasteiger partial charge in [-0.1, -0.05) is 0 Å². The van der Waals surface area contributed by atoms with Crippen LogP contribution in [0.1, 0.15) is 17.5 Å². The highest BCUT2D eigenvalue weighted by Gasteiger charge is 2.12. The molecule has 0 atom stereocenters. The summed E-state index contributed by atoms with van der Waals surface area (Å²) in [4.78, 5) is 15.3. The molecule has 0 spiro atoms. The highest BCUT2D eigenvalue weighted by Crippen LogP contribution is 2.33. The third-order valence-electron chi connectivity index (χ3n) is 2.91. The van der Waals surface area contributed by atoms with Gasteiger partial charge < -0.3 is 10.1 Å². The van der Waals surface area contributed by atoms with Gasteiger partial charge in [-0.3, -0.25) is 4.98 Å². The van der Waals surface area contributed by atoms with Crippen LogP contribution in [0.2, 0.25) is 0 Å². The summed E-state index contributed by atoms with van der Waals surface area (Å²) in [5, 5.41) is 4.06. The molecular formula is C15H16N4OS. The molecule has 108 valence electrons. The van der Waals surface area contributed by atoms with Gasteiger partial charge in [-0.25, -0.2) is 4.98 Å². The highest BCUT2D eigenvalue weighted by atomic mass is 32.1. The van der Waals surface area contributed by atoms with E-state index in [1.807, 2.05) is 32.0 Å². The molecule has 0 fully saturated rings. The Morgan fingerprint density at radius 2 is 2.10 bits per heavy atom. The summed E-state index contributed by atoms with van der Waals surface area (Å²) in [5.74, 6) is 1.82. The summed E-state index contributed by atoms with van der Waals surface area (Å²) in [6, 6.07) is 5.85. The Morgan fingerprint density at radius 1 is 1.24 bits per heavy atom. The van der Waals surface area contributed by atoms with E-state index in [0.717, 1.165) is 22.5 Å². The van der Waals surface area contributed by atoms with Gasteiger partial charge in [-0.2, -0.15) is 4.98 Å². The van der Waals surface area contributed by atoms with Gasteiger partial charge in [0.05, 0.1) is 11.6 Å². The number of nitrogens with zero attached hydrogens (tertiary/aromatic N) is 3. The van der Waals surface area contributed by atoms with Gasteiger partial charge in [0.25, 0.3) is 0 Å². The molecule has 21 heavy (non-hydrogen) atoms. The average molecular weight is 300 g/mol. The van der Waals surface area contributed by atoms with E-state index in [-0.39, 0.29) is 0 Å². The monoisotopic (exact) mass is 300 g/mol. The molecule has 0 aliphatic heterocycles. The van der Waals surface area contributed by atoms with E-state index in [1.54, 1.807) is 17.5 Å². The van der Waals surface area contributed by atoms with Gasteiger partial charge in [0.1, 0.15) is 10.6 Å². The van der Waals surface area contributed by atoms with Crippen molar-refractivity contribution in [3.05, 3.63) is 35.0 Å². The van der Waals surface area contributed by atoms with Crippen LogP contribution in [0.5, 0.6) is 11.6 Å². The molecule has 3 aromatic heterocycles. The van der Waals surface area contributed by atoms with Gasteiger partial charge in [-0.15, -0.1) is 11.3 Å². The molecule has 0 bridgehead atoms. The highest BCUT2D eigenvalue weighted by molar-refractivity contribution is 7.18. The van der Waals surface area contributed by atoms with E-state index in [4.69, 9.17) is 4.74 Å². The first-order valence-electron chi connectivity index (χ1n) is 6.78. The lowest BCUT2D eigenvalue weighted by atomic mass is 10.3. The first-order chi connectivity index (χ1) is 10.2. The molecular weight excluding hydrogens is 284 g/mol. The Kier molecular flexibility index (Phi) is 3.70. The van der Waals surface area contributed by atoms with Crippen molar-refractivity contribution >= 4 is 27.5 Å². The zero-order chi connectivity index (χ0) is 14.8. The third kappa shape index (κ3) is 2.95. The summed E-state index contributed by atoms with van der Waals surface area (Å²) in [6.07, 6.45) is 1.70. The Hall–Kier alpha value is -2.21. The Balaban J connectivity index is 2.04. The molecule has 0 aliphatic rings. The minimum atomic E-state index is 0.561. The number of hydrogen-bond acceptors (Lipinski definition) is 6. The van der Waals surface area contributed by atoms with Gasteiger partial charge in [0.15, 0.2) is 0 Å². The second kappa shape index (κ2) is 5.65. The molecule has 0 radical (unpaired) electrons. The zero-order valence-electron chi connectivity index (χ0n) is 12.2. The van der Waals surface area contributed by atoms with Gasteiger partial charge >= 0.3 is 0 Å². The van der Waals surface area contributed by atoms with E-state index in [9.17, 15) is 0 Å². The largest absolute Gasteiger partial charge is 0.437 e. The Bertz CT molecular complexity index is 767. The molecule has 3 aromatic rings. The normalized spacial score (nSPS) is 10.8. The van der Waals surface area contributed by atoms with Crippen molar-refractivity contribution in [3.8, 4) is 11.6 Å².